The lowest BCUT2D eigenvalue weighted by atomic mass is 10.0. The van der Waals surface area contributed by atoms with Gasteiger partial charge in [0.1, 0.15) is 0 Å². The normalized spacial score (nSPS) is 12.3. The van der Waals surface area contributed by atoms with Gasteiger partial charge in [-0.1, -0.05) is 79.2 Å². The molecule has 0 aliphatic heterocycles. The molecular weight excluding hydrogens is 472 g/mol. The molecule has 1 N–H and O–H groups in total. The number of hydrogen-bond donors (Lipinski definition) is 1. The van der Waals surface area contributed by atoms with Gasteiger partial charge in [0.2, 0.25) is 0 Å². The number of rotatable bonds is 9. The Balaban J connectivity index is 1.54. The molecule has 1 unspecified atom stereocenters. The van der Waals surface area contributed by atoms with Gasteiger partial charge in [0, 0.05) is 24.0 Å². The van der Waals surface area contributed by atoms with Crippen molar-refractivity contribution in [2.45, 2.75) is 59.8 Å². The summed E-state index contributed by atoms with van der Waals surface area (Å²) < 4.78 is 1.88. The molecule has 1 atom stereocenters. The maximum Gasteiger partial charge on any atom is 0.252 e. The van der Waals surface area contributed by atoms with E-state index in [9.17, 15) is 4.79 Å². The Hall–Kier alpha value is -4.10. The number of fused-ring (bicyclic) bond motifs is 1. The highest BCUT2D eigenvalue weighted by Crippen LogP contribution is 2.28. The first-order chi connectivity index (χ1) is 18.4. The third-order valence-electron chi connectivity index (χ3n) is 7.26. The van der Waals surface area contributed by atoms with Gasteiger partial charge in [-0.2, -0.15) is 0 Å². The van der Waals surface area contributed by atoms with Gasteiger partial charge in [-0.15, -0.1) is 5.10 Å². The predicted octanol–water partition coefficient (Wildman–Crippen LogP) is 5.64. The number of pyridine rings is 1. The molecule has 0 spiro atoms. The number of aromatic amines is 1. The first-order valence-corrected chi connectivity index (χ1v) is 13.1. The Morgan fingerprint density at radius 2 is 1.63 bits per heavy atom. The number of aromatic nitrogens is 5. The van der Waals surface area contributed by atoms with Crippen LogP contribution in [0.25, 0.3) is 10.9 Å². The Morgan fingerprint density at radius 3 is 2.37 bits per heavy atom. The molecule has 7 heteroatoms. The first-order valence-electron chi connectivity index (χ1n) is 13.1. The zero-order chi connectivity index (χ0) is 26.6. The van der Waals surface area contributed by atoms with Crippen LogP contribution in [-0.4, -0.2) is 30.1 Å². The lowest BCUT2D eigenvalue weighted by Crippen LogP contribution is -2.32. The number of aryl methyl sites for hydroxylation is 3. The summed E-state index contributed by atoms with van der Waals surface area (Å²) in [4.78, 5) is 18.8. The fraction of sp³-hybridized carbons (Fsp3) is 0.290. The van der Waals surface area contributed by atoms with Crippen molar-refractivity contribution in [1.29, 1.82) is 0 Å². The SMILES string of the molecule is CCC(c1nnnn1Cc1ccccc1)N(Cc1ccc(C)cc1)Cc1cc2c(C)ccc(C)c2[nH]c1=O. The van der Waals surface area contributed by atoms with Crippen molar-refractivity contribution in [3.05, 3.63) is 122 Å². The van der Waals surface area contributed by atoms with Crippen molar-refractivity contribution >= 4 is 10.9 Å². The monoisotopic (exact) mass is 506 g/mol. The molecule has 0 radical (unpaired) electrons. The highest BCUT2D eigenvalue weighted by molar-refractivity contribution is 5.85. The quantitative estimate of drug-likeness (QED) is 0.280. The van der Waals surface area contributed by atoms with E-state index in [1.54, 1.807) is 0 Å². The van der Waals surface area contributed by atoms with Crippen LogP contribution in [0.1, 0.15) is 58.6 Å². The van der Waals surface area contributed by atoms with Gasteiger partial charge < -0.3 is 4.98 Å². The fourth-order valence-corrected chi connectivity index (χ4v) is 5.08. The number of nitrogens with zero attached hydrogens (tertiary/aromatic N) is 5. The molecular formula is C31H34N6O. The van der Waals surface area contributed by atoms with Gasteiger partial charge in [0.15, 0.2) is 5.82 Å². The van der Waals surface area contributed by atoms with Crippen LogP contribution >= 0.6 is 0 Å². The van der Waals surface area contributed by atoms with Crippen molar-refractivity contribution in [3.63, 3.8) is 0 Å². The van der Waals surface area contributed by atoms with Crippen molar-refractivity contribution in [2.75, 3.05) is 0 Å². The molecule has 2 aromatic heterocycles. The zero-order valence-electron chi connectivity index (χ0n) is 22.5. The van der Waals surface area contributed by atoms with E-state index in [-0.39, 0.29) is 11.6 Å². The third kappa shape index (κ3) is 5.43. The lowest BCUT2D eigenvalue weighted by Gasteiger charge is -2.30. The molecule has 194 valence electrons. The minimum Gasteiger partial charge on any atom is -0.321 e. The molecule has 0 aliphatic carbocycles. The van der Waals surface area contributed by atoms with Crippen LogP contribution in [0, 0.1) is 20.8 Å². The Morgan fingerprint density at radius 1 is 0.895 bits per heavy atom. The molecule has 0 aliphatic rings. The van der Waals surface area contributed by atoms with Crippen LogP contribution in [-0.2, 0) is 19.6 Å². The van der Waals surface area contributed by atoms with Gasteiger partial charge in [-0.05, 0) is 65.9 Å². The van der Waals surface area contributed by atoms with Crippen molar-refractivity contribution in [1.82, 2.24) is 30.1 Å². The topological polar surface area (TPSA) is 79.7 Å². The molecule has 0 amide bonds. The van der Waals surface area contributed by atoms with E-state index in [2.05, 4.69) is 101 Å². The average Bonchev–Trinajstić information content (AvgIpc) is 3.37. The second-order valence-electron chi connectivity index (χ2n) is 10.1. The minimum absolute atomic E-state index is 0.0566. The summed E-state index contributed by atoms with van der Waals surface area (Å²) in [5.74, 6) is 0.799. The van der Waals surface area contributed by atoms with Gasteiger partial charge in [0.25, 0.3) is 5.56 Å². The molecule has 0 bridgehead atoms. The maximum absolute atomic E-state index is 13.3. The molecule has 0 saturated carbocycles. The molecule has 7 nitrogen and oxygen atoms in total. The molecule has 38 heavy (non-hydrogen) atoms. The summed E-state index contributed by atoms with van der Waals surface area (Å²) in [5, 5.41) is 13.9. The number of tetrazole rings is 1. The lowest BCUT2D eigenvalue weighted by molar-refractivity contribution is 0.161. The minimum atomic E-state index is -0.0799. The average molecular weight is 507 g/mol. The van der Waals surface area contributed by atoms with E-state index in [1.807, 2.05) is 29.8 Å². The van der Waals surface area contributed by atoms with E-state index in [0.29, 0.717) is 19.6 Å². The van der Waals surface area contributed by atoms with Crippen LogP contribution in [0.5, 0.6) is 0 Å². The second kappa shape index (κ2) is 11.1. The van der Waals surface area contributed by atoms with E-state index < -0.39 is 0 Å². The van der Waals surface area contributed by atoms with Crippen LogP contribution < -0.4 is 5.56 Å². The van der Waals surface area contributed by atoms with Gasteiger partial charge >= 0.3 is 0 Å². The standard InChI is InChI=1S/C31H34N6O/c1-5-28(30-33-34-35-37(30)19-24-9-7-6-8-10-24)36(18-25-15-11-21(2)12-16-25)20-26-17-27-22(3)13-14-23(4)29(27)32-31(26)38/h6-17,28H,5,18-20H2,1-4H3,(H,32,38). The van der Waals surface area contributed by atoms with Crippen LogP contribution in [0.15, 0.2) is 77.6 Å². The third-order valence-corrected chi connectivity index (χ3v) is 7.26. The second-order valence-corrected chi connectivity index (χ2v) is 10.1. The smallest absolute Gasteiger partial charge is 0.252 e. The highest BCUT2D eigenvalue weighted by Gasteiger charge is 2.26. The molecule has 2 heterocycles. The Bertz CT molecular complexity index is 1590. The van der Waals surface area contributed by atoms with E-state index in [1.165, 1.54) is 11.1 Å². The summed E-state index contributed by atoms with van der Waals surface area (Å²) in [6.45, 7) is 10.1. The summed E-state index contributed by atoms with van der Waals surface area (Å²) in [6.07, 6.45) is 0.796. The van der Waals surface area contributed by atoms with E-state index in [0.717, 1.165) is 45.4 Å². The Labute approximate surface area is 223 Å². The van der Waals surface area contributed by atoms with Gasteiger partial charge in [-0.3, -0.25) is 9.69 Å². The maximum atomic E-state index is 13.3. The fourth-order valence-electron chi connectivity index (χ4n) is 5.08. The highest BCUT2D eigenvalue weighted by atomic mass is 16.1. The molecule has 0 fully saturated rings. The summed E-state index contributed by atoms with van der Waals surface area (Å²) in [6, 6.07) is 24.9. The van der Waals surface area contributed by atoms with Crippen molar-refractivity contribution < 1.29 is 0 Å². The number of hydrogen-bond acceptors (Lipinski definition) is 5. The summed E-state index contributed by atoms with van der Waals surface area (Å²) in [7, 11) is 0. The number of nitrogens with one attached hydrogen (secondary N) is 1. The van der Waals surface area contributed by atoms with Gasteiger partial charge in [-0.25, -0.2) is 4.68 Å². The zero-order valence-corrected chi connectivity index (χ0v) is 22.5. The largest absolute Gasteiger partial charge is 0.321 e. The van der Waals surface area contributed by atoms with Crippen LogP contribution in [0.2, 0.25) is 0 Å². The van der Waals surface area contributed by atoms with Gasteiger partial charge in [0.05, 0.1) is 18.1 Å². The molecule has 5 aromatic rings. The number of H-pyrrole nitrogens is 1. The number of benzene rings is 3. The Kier molecular flexibility index (Phi) is 7.47. The van der Waals surface area contributed by atoms with Crippen LogP contribution in [0.3, 0.4) is 0 Å². The summed E-state index contributed by atoms with van der Waals surface area (Å²) in [5.41, 5.74) is 7.33. The summed E-state index contributed by atoms with van der Waals surface area (Å²) >= 11 is 0. The van der Waals surface area contributed by atoms with Crippen molar-refractivity contribution in [3.8, 4) is 0 Å². The first kappa shape index (κ1) is 25.5. The molecule has 0 saturated heterocycles. The van der Waals surface area contributed by atoms with Crippen LogP contribution in [0.4, 0.5) is 0 Å². The molecule has 3 aromatic carbocycles. The predicted molar refractivity (Wildman–Crippen MR) is 151 cm³/mol. The van der Waals surface area contributed by atoms with E-state index in [4.69, 9.17) is 0 Å². The van der Waals surface area contributed by atoms with E-state index >= 15 is 0 Å². The van der Waals surface area contributed by atoms with Crippen molar-refractivity contribution in [2.24, 2.45) is 0 Å². The molecule has 5 rings (SSSR count).